The number of hydrogen-bond acceptors (Lipinski definition) is 6. The lowest BCUT2D eigenvalue weighted by Gasteiger charge is -2.34. The van der Waals surface area contributed by atoms with Crippen LogP contribution in [-0.2, 0) is 16.1 Å². The zero-order valence-corrected chi connectivity index (χ0v) is 24.4. The Hall–Kier alpha value is -3.26. The molecule has 1 aliphatic heterocycles. The molecular formula is C32H44N2O6. The first-order chi connectivity index (χ1) is 19.1. The number of methoxy groups -OCH3 is 1. The first-order valence-electron chi connectivity index (χ1n) is 14.4. The van der Waals surface area contributed by atoms with Crippen LogP contribution in [0.2, 0.25) is 0 Å². The van der Waals surface area contributed by atoms with Gasteiger partial charge in [0.05, 0.1) is 19.3 Å². The van der Waals surface area contributed by atoms with E-state index in [9.17, 15) is 14.7 Å². The molecule has 4 atom stereocenters. The van der Waals surface area contributed by atoms with Gasteiger partial charge in [-0.2, -0.15) is 0 Å². The van der Waals surface area contributed by atoms with E-state index in [0.717, 1.165) is 36.8 Å². The highest BCUT2D eigenvalue weighted by Crippen LogP contribution is 2.47. The molecule has 2 aromatic rings. The molecule has 8 nitrogen and oxygen atoms in total. The fourth-order valence-electron chi connectivity index (χ4n) is 5.88. The Morgan fingerprint density at radius 3 is 2.40 bits per heavy atom. The fraction of sp³-hybridized carbons (Fsp3) is 0.562. The number of rotatable bonds is 10. The van der Waals surface area contributed by atoms with Gasteiger partial charge in [0.25, 0.3) is 0 Å². The Bertz CT molecular complexity index is 1150. The average Bonchev–Trinajstić information content (AvgIpc) is 3.59. The van der Waals surface area contributed by atoms with Crippen LogP contribution in [0.5, 0.6) is 11.5 Å². The number of nitrogens with zero attached hydrogens (tertiary/aromatic N) is 1. The number of benzene rings is 2. The highest BCUT2D eigenvalue weighted by atomic mass is 16.5. The molecular weight excluding hydrogens is 508 g/mol. The second-order valence-corrected chi connectivity index (χ2v) is 11.8. The standard InChI is InChI=1S/C32H44N2O6/c1-21(2)29(33-31(37)39-19-23-11-7-6-8-12-23)30(36)34-18-26(32(4,20-34)22(3)35)24-15-16-27(38-5)28(17-24)40-25-13-9-10-14-25/h6-8,11-12,15-17,21-22,25-26,29,35H,9-10,13-14,18-20H2,1-5H3,(H,33,37)/t22?,26-,29?,32-/m0/s1. The van der Waals surface area contributed by atoms with Crippen LogP contribution in [0.1, 0.15) is 70.4 Å². The molecule has 0 spiro atoms. The molecule has 0 aromatic heterocycles. The molecule has 0 radical (unpaired) electrons. The van der Waals surface area contributed by atoms with Crippen molar-refractivity contribution in [3.05, 3.63) is 59.7 Å². The van der Waals surface area contributed by atoms with E-state index in [1.807, 2.05) is 69.3 Å². The molecule has 218 valence electrons. The van der Waals surface area contributed by atoms with Crippen LogP contribution in [-0.4, -0.2) is 60.5 Å². The van der Waals surface area contributed by atoms with Crippen molar-refractivity contribution >= 4 is 12.0 Å². The summed E-state index contributed by atoms with van der Waals surface area (Å²) < 4.78 is 17.3. The summed E-state index contributed by atoms with van der Waals surface area (Å²) in [4.78, 5) is 28.2. The van der Waals surface area contributed by atoms with Gasteiger partial charge in [-0.25, -0.2) is 4.79 Å². The summed E-state index contributed by atoms with van der Waals surface area (Å²) in [5.41, 5.74) is 1.27. The van der Waals surface area contributed by atoms with Crippen LogP contribution in [0.4, 0.5) is 4.79 Å². The van der Waals surface area contributed by atoms with Crippen LogP contribution < -0.4 is 14.8 Å². The Morgan fingerprint density at radius 2 is 1.77 bits per heavy atom. The number of hydrogen-bond donors (Lipinski definition) is 2. The number of aliphatic hydroxyl groups is 1. The Balaban J connectivity index is 1.51. The van der Waals surface area contributed by atoms with Gasteiger partial charge in [0.2, 0.25) is 5.91 Å². The minimum absolute atomic E-state index is 0.125. The summed E-state index contributed by atoms with van der Waals surface area (Å²) in [6.07, 6.45) is 3.26. The molecule has 2 unspecified atom stereocenters. The number of aliphatic hydroxyl groups excluding tert-OH is 1. The molecule has 2 fully saturated rings. The molecule has 2 aliphatic rings. The van der Waals surface area contributed by atoms with E-state index >= 15 is 0 Å². The van der Waals surface area contributed by atoms with Crippen molar-refractivity contribution < 1.29 is 28.9 Å². The van der Waals surface area contributed by atoms with Crippen LogP contribution >= 0.6 is 0 Å². The normalized spacial score (nSPS) is 22.7. The molecule has 2 aromatic carbocycles. The van der Waals surface area contributed by atoms with E-state index < -0.39 is 23.7 Å². The van der Waals surface area contributed by atoms with Crippen LogP contribution in [0, 0.1) is 11.3 Å². The third-order valence-corrected chi connectivity index (χ3v) is 8.60. The second-order valence-electron chi connectivity index (χ2n) is 11.8. The number of likely N-dealkylation sites (tertiary alicyclic amines) is 1. The van der Waals surface area contributed by atoms with Crippen molar-refractivity contribution in [2.24, 2.45) is 11.3 Å². The lowest BCUT2D eigenvalue weighted by atomic mass is 9.72. The van der Waals surface area contributed by atoms with Gasteiger partial charge in [-0.05, 0) is 61.8 Å². The first kappa shape index (κ1) is 29.7. The summed E-state index contributed by atoms with van der Waals surface area (Å²) in [5, 5.41) is 13.7. The lowest BCUT2D eigenvalue weighted by Crippen LogP contribution is -2.51. The van der Waals surface area contributed by atoms with Crippen LogP contribution in [0.15, 0.2) is 48.5 Å². The van der Waals surface area contributed by atoms with E-state index in [0.29, 0.717) is 24.6 Å². The number of amides is 2. The third-order valence-electron chi connectivity index (χ3n) is 8.60. The minimum Gasteiger partial charge on any atom is -0.493 e. The summed E-state index contributed by atoms with van der Waals surface area (Å²) in [7, 11) is 1.64. The molecule has 2 N–H and O–H groups in total. The van der Waals surface area contributed by atoms with Crippen molar-refractivity contribution in [3.63, 3.8) is 0 Å². The summed E-state index contributed by atoms with van der Waals surface area (Å²) >= 11 is 0. The molecule has 1 aliphatic carbocycles. The Kier molecular flexibility index (Phi) is 9.61. The number of carbonyl (C=O) groups is 2. The molecule has 8 heteroatoms. The molecule has 1 saturated carbocycles. The maximum atomic E-state index is 13.8. The van der Waals surface area contributed by atoms with Gasteiger partial charge >= 0.3 is 6.09 Å². The van der Waals surface area contributed by atoms with Crippen molar-refractivity contribution in [2.75, 3.05) is 20.2 Å². The van der Waals surface area contributed by atoms with E-state index in [-0.39, 0.29) is 30.5 Å². The predicted molar refractivity (Wildman–Crippen MR) is 153 cm³/mol. The summed E-state index contributed by atoms with van der Waals surface area (Å²) in [5.74, 6) is 0.912. The smallest absolute Gasteiger partial charge is 0.408 e. The SMILES string of the molecule is COc1ccc([C@@H]2CN(C(=O)C(NC(=O)OCc3ccccc3)C(C)C)C[C@@]2(C)C(C)O)cc1OC1CCCC1. The average molecular weight is 553 g/mol. The van der Waals surface area contributed by atoms with E-state index in [1.165, 1.54) is 0 Å². The van der Waals surface area contributed by atoms with Crippen molar-refractivity contribution in [3.8, 4) is 11.5 Å². The van der Waals surface area contributed by atoms with E-state index in [4.69, 9.17) is 14.2 Å². The minimum atomic E-state index is -0.752. The van der Waals surface area contributed by atoms with Gasteiger partial charge in [-0.3, -0.25) is 4.79 Å². The predicted octanol–water partition coefficient (Wildman–Crippen LogP) is 5.28. The maximum absolute atomic E-state index is 13.8. The molecule has 1 saturated heterocycles. The Labute approximate surface area is 238 Å². The lowest BCUT2D eigenvalue weighted by molar-refractivity contribution is -0.134. The van der Waals surface area contributed by atoms with Gasteiger partial charge in [-0.15, -0.1) is 0 Å². The number of nitrogens with one attached hydrogen (secondary N) is 1. The van der Waals surface area contributed by atoms with Gasteiger partial charge in [0, 0.05) is 24.4 Å². The number of ether oxygens (including phenoxy) is 3. The summed E-state index contributed by atoms with van der Waals surface area (Å²) in [6, 6.07) is 14.6. The molecule has 40 heavy (non-hydrogen) atoms. The van der Waals surface area contributed by atoms with Gasteiger partial charge in [0.15, 0.2) is 11.5 Å². The number of carbonyl (C=O) groups excluding carboxylic acids is 2. The molecule has 1 heterocycles. The quantitative estimate of drug-likeness (QED) is 0.416. The van der Waals surface area contributed by atoms with Gasteiger partial charge in [-0.1, -0.05) is 57.2 Å². The zero-order chi connectivity index (χ0) is 28.9. The molecule has 0 bridgehead atoms. The largest absolute Gasteiger partial charge is 0.493 e. The maximum Gasteiger partial charge on any atom is 0.408 e. The van der Waals surface area contributed by atoms with E-state index in [2.05, 4.69) is 5.32 Å². The van der Waals surface area contributed by atoms with Crippen LogP contribution in [0.3, 0.4) is 0 Å². The van der Waals surface area contributed by atoms with Crippen molar-refractivity contribution in [2.45, 2.75) is 84.2 Å². The van der Waals surface area contributed by atoms with Crippen LogP contribution in [0.25, 0.3) is 0 Å². The fourth-order valence-corrected chi connectivity index (χ4v) is 5.88. The zero-order valence-electron chi connectivity index (χ0n) is 24.4. The molecule has 2 amide bonds. The first-order valence-corrected chi connectivity index (χ1v) is 14.4. The highest BCUT2D eigenvalue weighted by Gasteiger charge is 2.49. The third kappa shape index (κ3) is 6.72. The van der Waals surface area contributed by atoms with Crippen molar-refractivity contribution in [1.29, 1.82) is 0 Å². The Morgan fingerprint density at radius 1 is 1.07 bits per heavy atom. The number of alkyl carbamates (subject to hydrolysis) is 1. The van der Waals surface area contributed by atoms with E-state index in [1.54, 1.807) is 18.9 Å². The van der Waals surface area contributed by atoms with Gasteiger partial charge < -0.3 is 29.5 Å². The second kappa shape index (κ2) is 12.9. The highest BCUT2D eigenvalue weighted by molar-refractivity contribution is 5.86. The monoisotopic (exact) mass is 552 g/mol. The molecule has 4 rings (SSSR count). The topological polar surface area (TPSA) is 97.3 Å². The van der Waals surface area contributed by atoms with Crippen molar-refractivity contribution in [1.82, 2.24) is 10.2 Å². The van der Waals surface area contributed by atoms with Gasteiger partial charge in [0.1, 0.15) is 12.6 Å². The summed E-state index contributed by atoms with van der Waals surface area (Å²) in [6.45, 7) is 8.50.